The summed E-state index contributed by atoms with van der Waals surface area (Å²) in [4.78, 5) is 11.4. The van der Waals surface area contributed by atoms with Crippen LogP contribution >= 0.6 is 0 Å². The summed E-state index contributed by atoms with van der Waals surface area (Å²) in [5, 5.41) is 9.35. The molecule has 0 saturated carbocycles. The molecular formula is C17H26NO2. The fourth-order valence-electron chi connectivity index (χ4n) is 2.67. The minimum atomic E-state index is -0.269. The first-order valence-corrected chi connectivity index (χ1v) is 7.12. The molecule has 1 atom stereocenters. The standard InChI is InChI=1S/C17H26NO2/c1-12(2)9-13(3)17(4,11-16(18)20)10-14-5-7-15(19)8-6-14/h5-8,12,19H,9-11H2,1-4H3,(H2,18,20). The molecule has 1 rings (SSSR count). The van der Waals surface area contributed by atoms with Gasteiger partial charge < -0.3 is 10.8 Å². The van der Waals surface area contributed by atoms with E-state index >= 15 is 0 Å². The summed E-state index contributed by atoms with van der Waals surface area (Å²) in [7, 11) is 0. The maximum atomic E-state index is 11.4. The monoisotopic (exact) mass is 276 g/mol. The SMILES string of the molecule is C[C](CC(C)C)C(C)(CC(N)=O)Cc1ccc(O)cc1. The molecule has 20 heavy (non-hydrogen) atoms. The maximum absolute atomic E-state index is 11.4. The van der Waals surface area contributed by atoms with Gasteiger partial charge in [0.25, 0.3) is 0 Å². The number of hydrogen-bond donors (Lipinski definition) is 2. The lowest BCUT2D eigenvalue weighted by Crippen LogP contribution is -2.33. The first-order valence-electron chi connectivity index (χ1n) is 7.12. The van der Waals surface area contributed by atoms with Crippen molar-refractivity contribution in [2.24, 2.45) is 17.1 Å². The molecule has 0 saturated heterocycles. The third kappa shape index (κ3) is 4.87. The minimum absolute atomic E-state index is 0.229. The van der Waals surface area contributed by atoms with Crippen molar-refractivity contribution < 1.29 is 9.90 Å². The number of benzene rings is 1. The van der Waals surface area contributed by atoms with E-state index in [2.05, 4.69) is 27.7 Å². The zero-order valence-electron chi connectivity index (χ0n) is 12.9. The third-order valence-electron chi connectivity index (χ3n) is 3.84. The van der Waals surface area contributed by atoms with Crippen LogP contribution in [0.25, 0.3) is 0 Å². The molecule has 3 heteroatoms. The Labute approximate surface area is 122 Å². The summed E-state index contributed by atoms with van der Waals surface area (Å²) < 4.78 is 0. The van der Waals surface area contributed by atoms with E-state index in [0.29, 0.717) is 12.3 Å². The van der Waals surface area contributed by atoms with Crippen molar-refractivity contribution in [2.45, 2.75) is 47.0 Å². The Morgan fingerprint density at radius 3 is 2.30 bits per heavy atom. The third-order valence-corrected chi connectivity index (χ3v) is 3.84. The molecule has 0 aliphatic rings. The van der Waals surface area contributed by atoms with Crippen LogP contribution in [0, 0.1) is 17.3 Å². The molecule has 0 spiro atoms. The van der Waals surface area contributed by atoms with Crippen LogP contribution in [0.4, 0.5) is 0 Å². The van der Waals surface area contributed by atoms with Crippen LogP contribution in [-0.2, 0) is 11.2 Å². The van der Waals surface area contributed by atoms with Gasteiger partial charge in [-0.05, 0) is 47.8 Å². The fourth-order valence-corrected chi connectivity index (χ4v) is 2.67. The van der Waals surface area contributed by atoms with Gasteiger partial charge in [0, 0.05) is 6.42 Å². The molecule has 0 aromatic heterocycles. The number of aromatic hydroxyl groups is 1. The number of rotatable bonds is 7. The second kappa shape index (κ2) is 6.78. The summed E-state index contributed by atoms with van der Waals surface area (Å²) >= 11 is 0. The van der Waals surface area contributed by atoms with E-state index in [0.717, 1.165) is 18.4 Å². The Bertz CT molecular complexity index is 439. The number of phenols is 1. The largest absolute Gasteiger partial charge is 0.508 e. The van der Waals surface area contributed by atoms with E-state index in [4.69, 9.17) is 5.73 Å². The lowest BCUT2D eigenvalue weighted by atomic mass is 9.68. The smallest absolute Gasteiger partial charge is 0.217 e. The highest BCUT2D eigenvalue weighted by molar-refractivity contribution is 5.75. The van der Waals surface area contributed by atoms with E-state index < -0.39 is 0 Å². The summed E-state index contributed by atoms with van der Waals surface area (Å²) in [5.74, 6) is 1.85. The maximum Gasteiger partial charge on any atom is 0.217 e. The zero-order valence-corrected chi connectivity index (χ0v) is 12.9. The summed E-state index contributed by atoms with van der Waals surface area (Å²) in [6.45, 7) is 8.56. The quantitative estimate of drug-likeness (QED) is 0.801. The summed E-state index contributed by atoms with van der Waals surface area (Å²) in [6, 6.07) is 7.16. The normalized spacial score (nSPS) is 14.5. The molecular weight excluding hydrogens is 250 g/mol. The van der Waals surface area contributed by atoms with Crippen LogP contribution < -0.4 is 5.73 Å². The van der Waals surface area contributed by atoms with E-state index in [1.807, 2.05) is 12.1 Å². The molecule has 0 fully saturated rings. The van der Waals surface area contributed by atoms with E-state index in [9.17, 15) is 9.90 Å². The van der Waals surface area contributed by atoms with Gasteiger partial charge in [-0.2, -0.15) is 0 Å². The Morgan fingerprint density at radius 1 is 1.30 bits per heavy atom. The first-order chi connectivity index (χ1) is 9.23. The van der Waals surface area contributed by atoms with Gasteiger partial charge in [-0.3, -0.25) is 4.79 Å². The van der Waals surface area contributed by atoms with Crippen LogP contribution in [0.3, 0.4) is 0 Å². The Morgan fingerprint density at radius 2 is 1.85 bits per heavy atom. The molecule has 0 aliphatic carbocycles. The number of carbonyl (C=O) groups excluding carboxylic acids is 1. The molecule has 1 radical (unpaired) electrons. The molecule has 0 heterocycles. The van der Waals surface area contributed by atoms with Gasteiger partial charge >= 0.3 is 0 Å². The number of nitrogens with two attached hydrogens (primary N) is 1. The average Bonchev–Trinajstić information content (AvgIpc) is 2.30. The number of primary amides is 1. The molecule has 1 aromatic rings. The van der Waals surface area contributed by atoms with Crippen LogP contribution in [-0.4, -0.2) is 11.0 Å². The van der Waals surface area contributed by atoms with Crippen molar-refractivity contribution in [3.05, 3.63) is 35.7 Å². The van der Waals surface area contributed by atoms with Gasteiger partial charge in [-0.15, -0.1) is 0 Å². The van der Waals surface area contributed by atoms with Crippen molar-refractivity contribution in [3.8, 4) is 5.75 Å². The minimum Gasteiger partial charge on any atom is -0.508 e. The molecule has 3 nitrogen and oxygen atoms in total. The first kappa shape index (κ1) is 16.5. The summed E-state index contributed by atoms with van der Waals surface area (Å²) in [6.07, 6.45) is 2.10. The van der Waals surface area contributed by atoms with Crippen LogP contribution in [0.5, 0.6) is 5.75 Å². The lowest BCUT2D eigenvalue weighted by Gasteiger charge is -2.35. The predicted octanol–water partition coefficient (Wildman–Crippen LogP) is 3.46. The second-order valence-corrected chi connectivity index (χ2v) is 6.43. The van der Waals surface area contributed by atoms with Crippen molar-refractivity contribution >= 4 is 5.91 Å². The fraction of sp³-hybridized carbons (Fsp3) is 0.529. The number of phenolic OH excluding ortho intramolecular Hbond substituents is 1. The highest BCUT2D eigenvalue weighted by atomic mass is 16.3. The zero-order chi connectivity index (χ0) is 15.3. The topological polar surface area (TPSA) is 63.3 Å². The van der Waals surface area contributed by atoms with E-state index in [1.54, 1.807) is 12.1 Å². The predicted molar refractivity (Wildman–Crippen MR) is 82.1 cm³/mol. The molecule has 1 amide bonds. The Hall–Kier alpha value is -1.51. The van der Waals surface area contributed by atoms with E-state index in [1.165, 1.54) is 5.92 Å². The van der Waals surface area contributed by atoms with Crippen LogP contribution in [0.15, 0.2) is 24.3 Å². The highest BCUT2D eigenvalue weighted by Crippen LogP contribution is 2.40. The number of carbonyl (C=O) groups is 1. The van der Waals surface area contributed by atoms with Gasteiger partial charge in [-0.1, -0.05) is 39.8 Å². The van der Waals surface area contributed by atoms with Gasteiger partial charge in [0.05, 0.1) is 0 Å². The molecule has 0 aliphatic heterocycles. The summed E-state index contributed by atoms with van der Waals surface area (Å²) in [5.41, 5.74) is 6.31. The van der Waals surface area contributed by atoms with Gasteiger partial charge in [0.2, 0.25) is 5.91 Å². The van der Waals surface area contributed by atoms with Crippen molar-refractivity contribution in [2.75, 3.05) is 0 Å². The van der Waals surface area contributed by atoms with Crippen LogP contribution in [0.2, 0.25) is 0 Å². The Kier molecular flexibility index (Phi) is 5.61. The molecule has 0 bridgehead atoms. The number of amides is 1. The second-order valence-electron chi connectivity index (χ2n) is 6.43. The average molecular weight is 276 g/mol. The number of hydrogen-bond acceptors (Lipinski definition) is 2. The lowest BCUT2D eigenvalue weighted by molar-refractivity contribution is -0.119. The van der Waals surface area contributed by atoms with Gasteiger partial charge in [-0.25, -0.2) is 0 Å². The van der Waals surface area contributed by atoms with Crippen molar-refractivity contribution in [1.82, 2.24) is 0 Å². The van der Waals surface area contributed by atoms with Gasteiger partial charge in [0.15, 0.2) is 0 Å². The molecule has 111 valence electrons. The molecule has 3 N–H and O–H groups in total. The molecule has 1 aromatic carbocycles. The molecule has 1 unspecified atom stereocenters. The Balaban J connectivity index is 2.92. The van der Waals surface area contributed by atoms with Gasteiger partial charge in [0.1, 0.15) is 5.75 Å². The van der Waals surface area contributed by atoms with E-state index in [-0.39, 0.29) is 17.1 Å². The highest BCUT2D eigenvalue weighted by Gasteiger charge is 2.33. The van der Waals surface area contributed by atoms with Crippen molar-refractivity contribution in [1.29, 1.82) is 0 Å². The van der Waals surface area contributed by atoms with Crippen LogP contribution in [0.1, 0.15) is 46.1 Å². The van der Waals surface area contributed by atoms with Crippen molar-refractivity contribution in [3.63, 3.8) is 0 Å².